The minimum atomic E-state index is -0.187. The fourth-order valence-corrected chi connectivity index (χ4v) is 0.875. The second-order valence-corrected chi connectivity index (χ2v) is 2.52. The van der Waals surface area contributed by atoms with Gasteiger partial charge in [-0.2, -0.15) is 0 Å². The second kappa shape index (κ2) is 3.72. The summed E-state index contributed by atoms with van der Waals surface area (Å²) >= 11 is 0. The molecule has 62 valence electrons. The maximum Gasteiger partial charge on any atom is 0.187 e. The summed E-state index contributed by atoms with van der Waals surface area (Å²) < 4.78 is 13.8. The Morgan fingerprint density at radius 2 is 2.17 bits per heavy atom. The zero-order valence-electron chi connectivity index (χ0n) is 8.82. The van der Waals surface area contributed by atoms with Crippen LogP contribution in [0.5, 0.6) is 0 Å². The van der Waals surface area contributed by atoms with Crippen LogP contribution in [0.25, 0.3) is 0 Å². The number of nitrogens with two attached hydrogens (primary N) is 1. The van der Waals surface area contributed by atoms with Gasteiger partial charge in [-0.05, 0) is 6.92 Å². The van der Waals surface area contributed by atoms with E-state index < -0.39 is 0 Å². The molecule has 0 spiro atoms. The van der Waals surface area contributed by atoms with E-state index in [0.717, 1.165) is 0 Å². The molecule has 1 rings (SSSR count). The molecule has 0 aliphatic carbocycles. The number of carbonyl (C=O) groups excluding carboxylic acids is 1. The van der Waals surface area contributed by atoms with Crippen LogP contribution >= 0.6 is 0 Å². The maximum absolute atomic E-state index is 11.5. The van der Waals surface area contributed by atoms with Crippen LogP contribution < -0.4 is 5.72 Å². The van der Waals surface area contributed by atoms with Gasteiger partial charge in [-0.25, -0.2) is 0 Å². The molecule has 0 fully saturated rings. The molecule has 0 aliphatic heterocycles. The molecular weight excluding hydrogens is 150 g/mol. The average Bonchev–Trinajstić information content (AvgIpc) is 2.19. The average molecular weight is 163 g/mol. The monoisotopic (exact) mass is 163 g/mol. The summed E-state index contributed by atoms with van der Waals surface area (Å²) in [6.07, 6.45) is 1.27. The van der Waals surface area contributed by atoms with Crippen LogP contribution in [0, 0.1) is 0 Å². The van der Waals surface area contributed by atoms with E-state index in [1.54, 1.807) is 31.2 Å². The Kier molecular flexibility index (Phi) is 1.86. The highest BCUT2D eigenvalue weighted by molar-refractivity contribution is 6.04. The zero-order chi connectivity index (χ0) is 10.6. The molecule has 2 nitrogen and oxygen atoms in total. The first kappa shape index (κ1) is 6.00. The van der Waals surface area contributed by atoms with Crippen molar-refractivity contribution < 1.29 is 7.62 Å². The first-order valence-electron chi connectivity index (χ1n) is 4.56. The van der Waals surface area contributed by atoms with Crippen molar-refractivity contribution in [2.75, 3.05) is 0 Å². The molecule has 2 heteroatoms. The minimum absolute atomic E-state index is 0.187. The summed E-state index contributed by atoms with van der Waals surface area (Å²) in [5.74, 6) is -0.187. The van der Waals surface area contributed by atoms with E-state index in [-0.39, 0.29) is 5.78 Å². The molecule has 0 bridgehead atoms. The SMILES string of the molecule is [2H]N([2H])/C(C)=C/C(=O)c1ccccc1. The number of benzene rings is 1. The fourth-order valence-electron chi connectivity index (χ4n) is 0.875. The van der Waals surface area contributed by atoms with Crippen molar-refractivity contribution in [1.82, 2.24) is 0 Å². The minimum Gasteiger partial charge on any atom is -0.402 e. The highest BCUT2D eigenvalue weighted by Gasteiger charge is 1.99. The number of allylic oxidation sites excluding steroid dienone is 2. The van der Waals surface area contributed by atoms with Crippen LogP contribution in [-0.2, 0) is 0 Å². The summed E-state index contributed by atoms with van der Waals surface area (Å²) in [4.78, 5) is 11.5. The Bertz CT molecular complexity index is 346. The van der Waals surface area contributed by atoms with E-state index in [4.69, 9.17) is 2.82 Å². The first-order valence-corrected chi connectivity index (χ1v) is 3.67. The van der Waals surface area contributed by atoms with Crippen LogP contribution in [0.2, 0.25) is 2.82 Å². The van der Waals surface area contributed by atoms with Gasteiger partial charge in [0.25, 0.3) is 0 Å². The van der Waals surface area contributed by atoms with Crippen molar-refractivity contribution in [2.45, 2.75) is 6.92 Å². The van der Waals surface area contributed by atoms with Crippen LogP contribution in [-0.4, -0.2) is 5.78 Å². The van der Waals surface area contributed by atoms with E-state index in [1.165, 1.54) is 6.08 Å². The molecule has 0 unspecified atom stereocenters. The molecule has 1 aromatic rings. The van der Waals surface area contributed by atoms with Gasteiger partial charge in [-0.3, -0.25) is 4.79 Å². The lowest BCUT2D eigenvalue weighted by Crippen LogP contribution is -1.99. The zero-order valence-corrected chi connectivity index (χ0v) is 6.82. The Balaban J connectivity index is 2.83. The standard InChI is InChI=1S/C10H11NO/c1-8(11)7-10(12)9-5-3-2-4-6-9/h2-7H,11H2,1H3/b8-7+/i/hD2. The molecule has 1 aromatic carbocycles. The van der Waals surface area contributed by atoms with Crippen molar-refractivity contribution >= 4 is 5.78 Å². The summed E-state index contributed by atoms with van der Waals surface area (Å²) in [6.45, 7) is 1.54. The molecule has 2 N–H and O–H groups in total. The van der Waals surface area contributed by atoms with Crippen molar-refractivity contribution in [3.05, 3.63) is 47.7 Å². The van der Waals surface area contributed by atoms with Gasteiger partial charge in [-0.1, -0.05) is 30.3 Å². The number of rotatable bonds is 3. The van der Waals surface area contributed by atoms with Gasteiger partial charge in [0.15, 0.2) is 8.61 Å². The number of hydrogen-bond acceptors (Lipinski definition) is 2. The van der Waals surface area contributed by atoms with Crippen LogP contribution in [0.15, 0.2) is 42.1 Å². The highest BCUT2D eigenvalue weighted by Crippen LogP contribution is 2.01. The number of carbonyl (C=O) groups is 1. The number of ketones is 1. The quantitative estimate of drug-likeness (QED) is 0.544. The predicted octanol–water partition coefficient (Wildman–Crippen LogP) is 1.73. The van der Waals surface area contributed by atoms with E-state index in [1.807, 2.05) is 6.07 Å². The summed E-state index contributed by atoms with van der Waals surface area (Å²) in [5, 5.41) is 0. The molecule has 0 aliphatic rings. The molecule has 12 heavy (non-hydrogen) atoms. The Hall–Kier alpha value is -1.57. The summed E-state index contributed by atoms with van der Waals surface area (Å²) in [6, 6.07) is 8.77. The van der Waals surface area contributed by atoms with Gasteiger partial charge < -0.3 is 5.72 Å². The van der Waals surface area contributed by atoms with Crippen LogP contribution in [0.4, 0.5) is 0 Å². The van der Waals surface area contributed by atoms with Crippen LogP contribution in [0.3, 0.4) is 0 Å². The fraction of sp³-hybridized carbons (Fsp3) is 0.100. The van der Waals surface area contributed by atoms with Crippen molar-refractivity contribution in [3.8, 4) is 0 Å². The van der Waals surface area contributed by atoms with E-state index in [9.17, 15) is 4.79 Å². The third-order valence-corrected chi connectivity index (χ3v) is 1.40. The van der Waals surface area contributed by atoms with Crippen molar-refractivity contribution in [3.63, 3.8) is 0 Å². The normalized spacial score (nSPS) is 13.2. The maximum atomic E-state index is 11.5. The lowest BCUT2D eigenvalue weighted by atomic mass is 10.1. The van der Waals surface area contributed by atoms with Gasteiger partial charge in [0.1, 0.15) is 0 Å². The largest absolute Gasteiger partial charge is 0.402 e. The van der Waals surface area contributed by atoms with Crippen LogP contribution in [0.1, 0.15) is 17.3 Å². The third kappa shape index (κ3) is 2.23. The third-order valence-electron chi connectivity index (χ3n) is 1.40. The highest BCUT2D eigenvalue weighted by atomic mass is 16.1. The van der Waals surface area contributed by atoms with Crippen molar-refractivity contribution in [1.29, 1.82) is 0 Å². The lowest BCUT2D eigenvalue weighted by Gasteiger charge is -1.94. The molecular formula is C10H11NO. The Morgan fingerprint density at radius 1 is 1.50 bits per heavy atom. The number of hydrogen-bond donors (Lipinski definition) is 1. The van der Waals surface area contributed by atoms with Crippen molar-refractivity contribution in [2.24, 2.45) is 5.72 Å². The van der Waals surface area contributed by atoms with Gasteiger partial charge in [0.05, 0.1) is 0 Å². The molecule has 0 radical (unpaired) electrons. The molecule has 0 atom stereocenters. The Morgan fingerprint density at radius 3 is 2.75 bits per heavy atom. The van der Waals surface area contributed by atoms with E-state index >= 15 is 0 Å². The topological polar surface area (TPSA) is 43.1 Å². The van der Waals surface area contributed by atoms with E-state index in [0.29, 0.717) is 17.0 Å². The molecule has 0 aromatic heterocycles. The molecule has 0 saturated carbocycles. The molecule has 0 heterocycles. The lowest BCUT2D eigenvalue weighted by molar-refractivity contribution is 0.104. The second-order valence-electron chi connectivity index (χ2n) is 2.52. The predicted molar refractivity (Wildman–Crippen MR) is 48.7 cm³/mol. The van der Waals surface area contributed by atoms with E-state index in [2.05, 4.69) is 0 Å². The van der Waals surface area contributed by atoms with Gasteiger partial charge >= 0.3 is 0 Å². The smallest absolute Gasteiger partial charge is 0.187 e. The van der Waals surface area contributed by atoms with Gasteiger partial charge in [0, 0.05) is 17.3 Å². The van der Waals surface area contributed by atoms with Gasteiger partial charge in [-0.15, -0.1) is 0 Å². The first-order chi connectivity index (χ1) is 6.61. The Labute approximate surface area is 74.6 Å². The van der Waals surface area contributed by atoms with Gasteiger partial charge in [0.2, 0.25) is 0 Å². The molecule has 0 saturated heterocycles. The molecule has 0 amide bonds. The summed E-state index contributed by atoms with van der Waals surface area (Å²) in [7, 11) is 0. The summed E-state index contributed by atoms with van der Waals surface area (Å²) in [5.41, 5.74) is 1.27.